The van der Waals surface area contributed by atoms with E-state index in [0.29, 0.717) is 4.99 Å². The molecule has 0 fully saturated rings. The highest BCUT2D eigenvalue weighted by Crippen LogP contribution is 2.30. The number of hydrogen-bond donors (Lipinski definition) is 2. The van der Waals surface area contributed by atoms with Crippen LogP contribution in [0.5, 0.6) is 0 Å². The van der Waals surface area contributed by atoms with Gasteiger partial charge in [-0.1, -0.05) is 31.3 Å². The Labute approximate surface area is 131 Å². The maximum atomic E-state index is 5.82. The fourth-order valence-electron chi connectivity index (χ4n) is 1.95. The van der Waals surface area contributed by atoms with Crippen LogP contribution in [0, 0.1) is 0 Å². The molecule has 0 aliphatic heterocycles. The van der Waals surface area contributed by atoms with Crippen molar-refractivity contribution in [3.05, 3.63) is 50.6 Å². The minimum atomic E-state index is 0.280. The van der Waals surface area contributed by atoms with E-state index >= 15 is 0 Å². The molecule has 5 heteroatoms. The molecule has 0 radical (unpaired) electrons. The van der Waals surface area contributed by atoms with Crippen LogP contribution < -0.4 is 11.1 Å². The second-order valence-electron chi connectivity index (χ2n) is 4.15. The molecule has 1 heterocycles. The fourth-order valence-corrected chi connectivity index (χ4v) is 3.74. The molecule has 1 aromatic heterocycles. The standard InChI is InChI=1S/C14H15BrN2S2/c1-2-10(12-7-4-8-19-12)17-11-6-3-5-9(15)13(11)14(16)18/h3-8,10,17H,2H2,1H3,(H2,16,18). The minimum Gasteiger partial charge on any atom is -0.389 e. The summed E-state index contributed by atoms with van der Waals surface area (Å²) in [6.07, 6.45) is 1.00. The molecular formula is C14H15BrN2S2. The number of rotatable bonds is 5. The lowest BCUT2D eigenvalue weighted by Crippen LogP contribution is -2.16. The van der Waals surface area contributed by atoms with Gasteiger partial charge in [-0.25, -0.2) is 0 Å². The van der Waals surface area contributed by atoms with E-state index in [4.69, 9.17) is 18.0 Å². The fraction of sp³-hybridized carbons (Fsp3) is 0.214. The summed E-state index contributed by atoms with van der Waals surface area (Å²) in [5.41, 5.74) is 7.66. The highest BCUT2D eigenvalue weighted by Gasteiger charge is 2.14. The summed E-state index contributed by atoms with van der Waals surface area (Å²) >= 11 is 10.4. The molecule has 2 nitrogen and oxygen atoms in total. The van der Waals surface area contributed by atoms with E-state index in [1.54, 1.807) is 11.3 Å². The number of hydrogen-bond acceptors (Lipinski definition) is 3. The number of thiophene rings is 1. The van der Waals surface area contributed by atoms with E-state index in [9.17, 15) is 0 Å². The zero-order chi connectivity index (χ0) is 13.8. The molecule has 3 N–H and O–H groups in total. The van der Waals surface area contributed by atoms with Crippen molar-refractivity contribution >= 4 is 50.2 Å². The SMILES string of the molecule is CCC(Nc1cccc(Br)c1C(N)=S)c1cccs1. The second-order valence-corrected chi connectivity index (χ2v) is 6.42. The molecule has 1 aromatic carbocycles. The molecular weight excluding hydrogens is 340 g/mol. The average Bonchev–Trinajstić information content (AvgIpc) is 2.89. The van der Waals surface area contributed by atoms with Crippen LogP contribution in [0.4, 0.5) is 5.69 Å². The number of nitrogens with one attached hydrogen (secondary N) is 1. The van der Waals surface area contributed by atoms with Gasteiger partial charge in [0, 0.05) is 20.6 Å². The lowest BCUT2D eigenvalue weighted by molar-refractivity contribution is 0.763. The van der Waals surface area contributed by atoms with E-state index < -0.39 is 0 Å². The molecule has 0 aliphatic carbocycles. The van der Waals surface area contributed by atoms with Crippen molar-refractivity contribution < 1.29 is 0 Å². The molecule has 0 spiro atoms. The normalized spacial score (nSPS) is 12.1. The van der Waals surface area contributed by atoms with Gasteiger partial charge in [0.2, 0.25) is 0 Å². The summed E-state index contributed by atoms with van der Waals surface area (Å²) in [6, 6.07) is 10.4. The van der Waals surface area contributed by atoms with Gasteiger partial charge in [-0.3, -0.25) is 0 Å². The quantitative estimate of drug-likeness (QED) is 0.763. The molecule has 2 rings (SSSR count). The van der Waals surface area contributed by atoms with Crippen molar-refractivity contribution in [2.75, 3.05) is 5.32 Å². The van der Waals surface area contributed by atoms with Crippen molar-refractivity contribution in [1.29, 1.82) is 0 Å². The van der Waals surface area contributed by atoms with Gasteiger partial charge < -0.3 is 11.1 Å². The molecule has 100 valence electrons. The van der Waals surface area contributed by atoms with Crippen LogP contribution in [0.1, 0.15) is 29.8 Å². The molecule has 0 bridgehead atoms. The number of anilines is 1. The highest BCUT2D eigenvalue weighted by molar-refractivity contribution is 9.10. The summed E-state index contributed by atoms with van der Waals surface area (Å²) in [5, 5.41) is 5.63. The van der Waals surface area contributed by atoms with Crippen molar-refractivity contribution in [1.82, 2.24) is 0 Å². The first-order chi connectivity index (χ1) is 9.13. The average molecular weight is 355 g/mol. The van der Waals surface area contributed by atoms with Gasteiger partial charge in [0.05, 0.1) is 6.04 Å². The van der Waals surface area contributed by atoms with Crippen LogP contribution in [-0.2, 0) is 0 Å². The van der Waals surface area contributed by atoms with E-state index in [-0.39, 0.29) is 6.04 Å². The first-order valence-corrected chi connectivity index (χ1v) is 8.09. The summed E-state index contributed by atoms with van der Waals surface area (Å²) in [4.78, 5) is 1.72. The molecule has 0 saturated carbocycles. The molecule has 1 unspecified atom stereocenters. The predicted molar refractivity (Wildman–Crippen MR) is 91.0 cm³/mol. The van der Waals surface area contributed by atoms with Gasteiger partial charge >= 0.3 is 0 Å². The van der Waals surface area contributed by atoms with E-state index in [1.807, 2.05) is 18.2 Å². The van der Waals surface area contributed by atoms with Crippen molar-refractivity contribution in [3.8, 4) is 0 Å². The Morgan fingerprint density at radius 1 is 1.42 bits per heavy atom. The lowest BCUT2D eigenvalue weighted by Gasteiger charge is -2.20. The van der Waals surface area contributed by atoms with E-state index in [1.165, 1.54) is 4.88 Å². The maximum absolute atomic E-state index is 5.82. The number of nitrogens with two attached hydrogens (primary N) is 1. The van der Waals surface area contributed by atoms with Crippen molar-refractivity contribution in [2.45, 2.75) is 19.4 Å². The van der Waals surface area contributed by atoms with Crippen LogP contribution in [0.15, 0.2) is 40.2 Å². The minimum absolute atomic E-state index is 0.280. The predicted octanol–water partition coefficient (Wildman–Crippen LogP) is 4.71. The number of benzene rings is 1. The lowest BCUT2D eigenvalue weighted by atomic mass is 10.1. The zero-order valence-corrected chi connectivity index (χ0v) is 13.7. The Hall–Kier alpha value is -0.910. The Morgan fingerprint density at radius 3 is 2.79 bits per heavy atom. The van der Waals surface area contributed by atoms with Crippen LogP contribution in [0.3, 0.4) is 0 Å². The first-order valence-electron chi connectivity index (χ1n) is 6.01. The summed E-state index contributed by atoms with van der Waals surface area (Å²) < 4.78 is 0.922. The van der Waals surface area contributed by atoms with Gasteiger partial charge in [-0.2, -0.15) is 0 Å². The third-order valence-electron chi connectivity index (χ3n) is 2.88. The van der Waals surface area contributed by atoms with Crippen LogP contribution >= 0.6 is 39.5 Å². The molecule has 19 heavy (non-hydrogen) atoms. The van der Waals surface area contributed by atoms with Crippen molar-refractivity contribution in [2.24, 2.45) is 5.73 Å². The number of halogens is 1. The summed E-state index contributed by atoms with van der Waals surface area (Å²) in [7, 11) is 0. The molecule has 2 aromatic rings. The Bertz CT molecular complexity index is 567. The third kappa shape index (κ3) is 3.35. The molecule has 0 aliphatic rings. The monoisotopic (exact) mass is 354 g/mol. The first kappa shape index (κ1) is 14.5. The Balaban J connectivity index is 2.32. The Morgan fingerprint density at radius 2 is 2.21 bits per heavy atom. The number of thiocarbonyl (C=S) groups is 1. The van der Waals surface area contributed by atoms with Crippen LogP contribution in [-0.4, -0.2) is 4.99 Å². The largest absolute Gasteiger partial charge is 0.389 e. The van der Waals surface area contributed by atoms with E-state index in [0.717, 1.165) is 22.1 Å². The van der Waals surface area contributed by atoms with Gasteiger partial charge in [-0.05, 0) is 45.9 Å². The van der Waals surface area contributed by atoms with E-state index in [2.05, 4.69) is 45.7 Å². The maximum Gasteiger partial charge on any atom is 0.107 e. The van der Waals surface area contributed by atoms with Gasteiger partial charge in [0.15, 0.2) is 0 Å². The van der Waals surface area contributed by atoms with Crippen molar-refractivity contribution in [3.63, 3.8) is 0 Å². The third-order valence-corrected chi connectivity index (χ3v) is 4.74. The van der Waals surface area contributed by atoms with Gasteiger partial charge in [0.25, 0.3) is 0 Å². The van der Waals surface area contributed by atoms with Crippen LogP contribution in [0.25, 0.3) is 0 Å². The molecule has 0 saturated heterocycles. The smallest absolute Gasteiger partial charge is 0.107 e. The van der Waals surface area contributed by atoms with Crippen LogP contribution in [0.2, 0.25) is 0 Å². The topological polar surface area (TPSA) is 38.0 Å². The van der Waals surface area contributed by atoms with Gasteiger partial charge in [0.1, 0.15) is 4.99 Å². The van der Waals surface area contributed by atoms with Gasteiger partial charge in [-0.15, -0.1) is 11.3 Å². The summed E-state index contributed by atoms with van der Waals surface area (Å²) in [6.45, 7) is 2.16. The second kappa shape index (κ2) is 6.50. The highest BCUT2D eigenvalue weighted by atomic mass is 79.9. The molecule has 0 amide bonds. The Kier molecular flexibility index (Phi) is 4.96. The summed E-state index contributed by atoms with van der Waals surface area (Å²) in [5.74, 6) is 0. The molecule has 1 atom stereocenters. The zero-order valence-electron chi connectivity index (χ0n) is 10.5.